The van der Waals surface area contributed by atoms with Crippen LogP contribution in [-0.4, -0.2) is 27.8 Å². The molecule has 0 aliphatic carbocycles. The zero-order valence-electron chi connectivity index (χ0n) is 13.1. The lowest BCUT2D eigenvalue weighted by Crippen LogP contribution is -2.33. The highest BCUT2D eigenvalue weighted by molar-refractivity contribution is 7.92. The van der Waals surface area contributed by atoms with E-state index in [1.165, 1.54) is 4.31 Å². The molecule has 0 aromatic heterocycles. The summed E-state index contributed by atoms with van der Waals surface area (Å²) in [6.07, 6.45) is 1.14. The molecule has 120 valence electrons. The van der Waals surface area contributed by atoms with Crippen LogP contribution in [-0.2, 0) is 10.0 Å². The number of nitrogens with zero attached hydrogens (tertiary/aromatic N) is 2. The Balaban J connectivity index is 2.11. The van der Waals surface area contributed by atoms with Gasteiger partial charge in [-0.05, 0) is 37.3 Å². The van der Waals surface area contributed by atoms with E-state index in [1.807, 2.05) is 37.3 Å². The number of sulfonamides is 1. The Morgan fingerprint density at radius 1 is 1.17 bits per heavy atom. The van der Waals surface area contributed by atoms with Crippen LogP contribution < -0.4 is 9.04 Å². The summed E-state index contributed by atoms with van der Waals surface area (Å²) in [6.45, 7) is 2.37. The molecule has 0 saturated carbocycles. The maximum Gasteiger partial charge on any atom is 0.232 e. The molecule has 2 aromatic carbocycles. The minimum atomic E-state index is -3.46. The van der Waals surface area contributed by atoms with Crippen molar-refractivity contribution in [1.82, 2.24) is 0 Å². The molecular formula is C17H18N2O3S. The van der Waals surface area contributed by atoms with Gasteiger partial charge in [0.2, 0.25) is 10.0 Å². The Morgan fingerprint density at radius 3 is 2.48 bits per heavy atom. The first-order chi connectivity index (χ1) is 10.9. The fourth-order valence-corrected chi connectivity index (χ4v) is 3.00. The van der Waals surface area contributed by atoms with Crippen LogP contribution in [0.3, 0.4) is 0 Å². The molecule has 0 heterocycles. The van der Waals surface area contributed by atoms with Crippen molar-refractivity contribution in [2.75, 3.05) is 23.7 Å². The highest BCUT2D eigenvalue weighted by Crippen LogP contribution is 2.19. The zero-order valence-corrected chi connectivity index (χ0v) is 13.9. The minimum Gasteiger partial charge on any atom is -0.492 e. The average Bonchev–Trinajstić information content (AvgIpc) is 2.52. The molecule has 0 fully saturated rings. The van der Waals surface area contributed by atoms with E-state index in [0.29, 0.717) is 17.0 Å². The van der Waals surface area contributed by atoms with Crippen molar-refractivity contribution in [2.24, 2.45) is 0 Å². The zero-order chi connectivity index (χ0) is 16.9. The third kappa shape index (κ3) is 4.73. The summed E-state index contributed by atoms with van der Waals surface area (Å²) in [4.78, 5) is 0. The number of ether oxygens (including phenoxy) is 1. The number of nitriles is 1. The summed E-state index contributed by atoms with van der Waals surface area (Å²) in [5.74, 6) is 0.690. The standard InChI is InChI=1S/C17H18N2O3S/c1-14-6-8-17(9-7-14)22-11-10-19(23(2,20)21)16-5-3-4-15(12-16)13-18/h3-9,12H,10-11H2,1-2H3. The number of hydrogen-bond acceptors (Lipinski definition) is 4. The van der Waals surface area contributed by atoms with Crippen LogP contribution in [0.25, 0.3) is 0 Å². The number of anilines is 1. The van der Waals surface area contributed by atoms with Crippen molar-refractivity contribution in [3.63, 3.8) is 0 Å². The van der Waals surface area contributed by atoms with E-state index in [4.69, 9.17) is 10.00 Å². The molecule has 0 N–H and O–H groups in total. The predicted molar refractivity (Wildman–Crippen MR) is 90.0 cm³/mol. The molecular weight excluding hydrogens is 312 g/mol. The smallest absolute Gasteiger partial charge is 0.232 e. The quantitative estimate of drug-likeness (QED) is 0.816. The summed E-state index contributed by atoms with van der Waals surface area (Å²) in [7, 11) is -3.46. The maximum absolute atomic E-state index is 12.0. The minimum absolute atomic E-state index is 0.168. The van der Waals surface area contributed by atoms with Crippen LogP contribution in [0.1, 0.15) is 11.1 Å². The summed E-state index contributed by atoms with van der Waals surface area (Å²) < 4.78 is 30.8. The van der Waals surface area contributed by atoms with E-state index in [2.05, 4.69) is 0 Å². The second kappa shape index (κ2) is 7.16. The molecule has 0 saturated heterocycles. The van der Waals surface area contributed by atoms with Crippen molar-refractivity contribution in [3.05, 3.63) is 59.7 Å². The normalized spacial score (nSPS) is 10.8. The van der Waals surface area contributed by atoms with Gasteiger partial charge in [0.15, 0.2) is 0 Å². The fourth-order valence-electron chi connectivity index (χ4n) is 2.10. The monoisotopic (exact) mass is 330 g/mol. The lowest BCUT2D eigenvalue weighted by atomic mass is 10.2. The van der Waals surface area contributed by atoms with Crippen molar-refractivity contribution >= 4 is 15.7 Å². The van der Waals surface area contributed by atoms with Gasteiger partial charge in [0.05, 0.1) is 30.1 Å². The molecule has 0 amide bonds. The van der Waals surface area contributed by atoms with E-state index in [1.54, 1.807) is 24.3 Å². The van der Waals surface area contributed by atoms with E-state index < -0.39 is 10.0 Å². The van der Waals surface area contributed by atoms with Gasteiger partial charge in [0, 0.05) is 0 Å². The molecule has 0 bridgehead atoms. The fraction of sp³-hybridized carbons (Fsp3) is 0.235. The number of benzene rings is 2. The first-order valence-corrected chi connectivity index (χ1v) is 8.92. The topological polar surface area (TPSA) is 70.4 Å². The van der Waals surface area contributed by atoms with Crippen LogP contribution in [0.5, 0.6) is 5.75 Å². The molecule has 0 radical (unpaired) electrons. The van der Waals surface area contributed by atoms with E-state index in [-0.39, 0.29) is 13.2 Å². The Kier molecular flexibility index (Phi) is 5.24. The van der Waals surface area contributed by atoms with Gasteiger partial charge in [-0.2, -0.15) is 5.26 Å². The summed E-state index contributed by atoms with van der Waals surface area (Å²) in [5.41, 5.74) is 2.00. The lowest BCUT2D eigenvalue weighted by molar-refractivity contribution is 0.328. The molecule has 2 aromatic rings. The van der Waals surface area contributed by atoms with Crippen LogP contribution in [0.15, 0.2) is 48.5 Å². The van der Waals surface area contributed by atoms with Gasteiger partial charge in [-0.15, -0.1) is 0 Å². The van der Waals surface area contributed by atoms with Crippen LogP contribution in [0, 0.1) is 18.3 Å². The van der Waals surface area contributed by atoms with Crippen LogP contribution in [0.4, 0.5) is 5.69 Å². The lowest BCUT2D eigenvalue weighted by Gasteiger charge is -2.22. The van der Waals surface area contributed by atoms with Gasteiger partial charge < -0.3 is 4.74 Å². The predicted octanol–water partition coefficient (Wildman–Crippen LogP) is 2.71. The molecule has 0 atom stereocenters. The van der Waals surface area contributed by atoms with Gasteiger partial charge >= 0.3 is 0 Å². The summed E-state index contributed by atoms with van der Waals surface area (Å²) in [5, 5.41) is 8.95. The van der Waals surface area contributed by atoms with Gasteiger partial charge in [-0.25, -0.2) is 8.42 Å². The Bertz CT molecular complexity index is 808. The molecule has 2 rings (SSSR count). The number of hydrogen-bond donors (Lipinski definition) is 0. The molecule has 0 aliphatic heterocycles. The van der Waals surface area contributed by atoms with Crippen molar-refractivity contribution in [2.45, 2.75) is 6.92 Å². The molecule has 5 nitrogen and oxygen atoms in total. The molecule has 0 unspecified atom stereocenters. The highest BCUT2D eigenvalue weighted by Gasteiger charge is 2.17. The summed E-state index contributed by atoms with van der Waals surface area (Å²) >= 11 is 0. The van der Waals surface area contributed by atoms with E-state index in [9.17, 15) is 8.42 Å². The third-order valence-electron chi connectivity index (χ3n) is 3.25. The third-order valence-corrected chi connectivity index (χ3v) is 4.44. The van der Waals surface area contributed by atoms with Crippen LogP contribution >= 0.6 is 0 Å². The van der Waals surface area contributed by atoms with Gasteiger partial charge in [-0.3, -0.25) is 4.31 Å². The number of rotatable bonds is 6. The SMILES string of the molecule is Cc1ccc(OCCN(c2cccc(C#N)c2)S(C)(=O)=O)cc1. The van der Waals surface area contributed by atoms with E-state index in [0.717, 1.165) is 11.8 Å². The summed E-state index contributed by atoms with van der Waals surface area (Å²) in [6, 6.07) is 16.1. The van der Waals surface area contributed by atoms with E-state index >= 15 is 0 Å². The van der Waals surface area contributed by atoms with Crippen molar-refractivity contribution < 1.29 is 13.2 Å². The number of aryl methyl sites for hydroxylation is 1. The van der Waals surface area contributed by atoms with Crippen LogP contribution in [0.2, 0.25) is 0 Å². The molecule has 6 heteroatoms. The molecule has 0 spiro atoms. The second-order valence-corrected chi connectivity index (χ2v) is 7.07. The molecule has 0 aliphatic rings. The Hall–Kier alpha value is -2.52. The molecule has 23 heavy (non-hydrogen) atoms. The van der Waals surface area contributed by atoms with Crippen molar-refractivity contribution in [3.8, 4) is 11.8 Å². The Morgan fingerprint density at radius 2 is 1.87 bits per heavy atom. The average molecular weight is 330 g/mol. The van der Waals surface area contributed by atoms with Gasteiger partial charge in [-0.1, -0.05) is 23.8 Å². The highest BCUT2D eigenvalue weighted by atomic mass is 32.2. The second-order valence-electron chi connectivity index (χ2n) is 5.16. The van der Waals surface area contributed by atoms with Gasteiger partial charge in [0.1, 0.15) is 12.4 Å². The first-order valence-electron chi connectivity index (χ1n) is 7.07. The Labute approximate surface area is 136 Å². The maximum atomic E-state index is 12.0. The van der Waals surface area contributed by atoms with Gasteiger partial charge in [0.25, 0.3) is 0 Å². The van der Waals surface area contributed by atoms with Crippen molar-refractivity contribution in [1.29, 1.82) is 5.26 Å². The largest absolute Gasteiger partial charge is 0.492 e. The first kappa shape index (κ1) is 16.8.